The standard InChI is InChI=1S/C13H10F2N2O2.ClH/c14-13(15)19-11-3-1-2-10(8-11)17-12(18)9-4-6-16-7-5-9;/h1-8,13H,(H,17,18);1H. The number of benzene rings is 1. The van der Waals surface area contributed by atoms with Crippen molar-refractivity contribution in [1.82, 2.24) is 4.98 Å². The van der Waals surface area contributed by atoms with E-state index in [4.69, 9.17) is 0 Å². The van der Waals surface area contributed by atoms with E-state index in [1.54, 1.807) is 24.3 Å². The van der Waals surface area contributed by atoms with Gasteiger partial charge >= 0.3 is 12.5 Å². The minimum Gasteiger partial charge on any atom is -1.00 e. The molecule has 0 aliphatic rings. The van der Waals surface area contributed by atoms with Crippen molar-refractivity contribution in [2.75, 3.05) is 0 Å². The molecule has 0 bridgehead atoms. The van der Waals surface area contributed by atoms with Crippen molar-refractivity contribution in [2.24, 2.45) is 0 Å². The number of pyridine rings is 1. The Morgan fingerprint density at radius 2 is 1.90 bits per heavy atom. The highest BCUT2D eigenvalue weighted by Crippen LogP contribution is 2.16. The fourth-order valence-corrected chi connectivity index (χ4v) is 1.53. The van der Waals surface area contributed by atoms with Gasteiger partial charge in [0.05, 0.1) is 5.56 Å². The van der Waals surface area contributed by atoms with Crippen LogP contribution in [-0.2, 0) is 0 Å². The summed E-state index contributed by atoms with van der Waals surface area (Å²) in [5.41, 5.74) is 0.982. The minimum atomic E-state index is -2.88. The highest BCUT2D eigenvalue weighted by Gasteiger charge is 2.12. The Labute approximate surface area is 120 Å². The molecular weight excluding hydrogens is 290 g/mol. The van der Waals surface area contributed by atoms with Gasteiger partial charge in [-0.25, -0.2) is 10.1 Å². The normalized spacial score (nSPS) is 9.95. The van der Waals surface area contributed by atoms with Gasteiger partial charge in [-0.2, -0.15) is 8.78 Å². The first-order valence-electron chi connectivity index (χ1n) is 5.49. The smallest absolute Gasteiger partial charge is 0.387 e. The highest BCUT2D eigenvalue weighted by molar-refractivity contribution is 5.87. The molecule has 2 N–H and O–H groups in total. The largest absolute Gasteiger partial charge is 1.00 e. The lowest BCUT2D eigenvalue weighted by molar-refractivity contribution is -0.464. The van der Waals surface area contributed by atoms with Gasteiger partial charge in [-0.15, -0.1) is 0 Å². The van der Waals surface area contributed by atoms with Gasteiger partial charge in [-0.05, 0) is 24.3 Å². The van der Waals surface area contributed by atoms with Gasteiger partial charge in [0.15, 0.2) is 0 Å². The van der Waals surface area contributed by atoms with E-state index >= 15 is 0 Å². The number of carbonyl (C=O) groups excluding carboxylic acids is 1. The first-order chi connectivity index (χ1) is 9.15. The summed E-state index contributed by atoms with van der Waals surface area (Å²) in [6, 6.07) is 9.13. The van der Waals surface area contributed by atoms with Crippen LogP contribution in [0.3, 0.4) is 0 Å². The molecule has 4 nitrogen and oxygen atoms in total. The van der Waals surface area contributed by atoms with Gasteiger partial charge in [-0.3, -0.25) is 4.98 Å². The van der Waals surface area contributed by atoms with Crippen molar-refractivity contribution in [3.05, 3.63) is 54.4 Å². The number of alkyl halides is 2. The van der Waals surface area contributed by atoms with Gasteiger partial charge in [-0.1, -0.05) is 6.07 Å². The minimum absolute atomic E-state index is 0. The van der Waals surface area contributed by atoms with Crippen LogP contribution in [0, 0.1) is 0 Å². The zero-order valence-corrected chi connectivity index (χ0v) is 10.9. The number of ether oxygens (including phenoxy) is 1. The lowest BCUT2D eigenvalue weighted by Crippen LogP contribution is -3.00. The molecule has 0 fully saturated rings. The Morgan fingerprint density at radius 3 is 2.55 bits per heavy atom. The molecule has 1 aromatic carbocycles. The monoisotopic (exact) mass is 300 g/mol. The molecule has 0 atom stereocenters. The number of aromatic nitrogens is 1. The molecule has 0 unspecified atom stereocenters. The van der Waals surface area contributed by atoms with Crippen molar-refractivity contribution in [3.63, 3.8) is 0 Å². The van der Waals surface area contributed by atoms with E-state index in [-0.39, 0.29) is 24.1 Å². The van der Waals surface area contributed by atoms with Crippen LogP contribution in [0.1, 0.15) is 10.4 Å². The summed E-state index contributed by atoms with van der Waals surface area (Å²) in [6.07, 6.45) is 3.02. The summed E-state index contributed by atoms with van der Waals surface area (Å²) in [5.74, 6) is -0.206. The van der Waals surface area contributed by atoms with E-state index in [1.165, 1.54) is 29.8 Å². The van der Waals surface area contributed by atoms with E-state index in [1.807, 2.05) is 0 Å². The Bertz CT molecular complexity index is 567. The number of quaternary nitrogens is 1. The molecule has 0 aliphatic heterocycles. The van der Waals surface area contributed by atoms with Gasteiger partial charge in [0.2, 0.25) is 0 Å². The molecule has 0 spiro atoms. The molecule has 2 rings (SSSR count). The number of halogens is 3. The topological polar surface area (TPSA) is 55.8 Å². The molecule has 106 valence electrons. The van der Waals surface area contributed by atoms with E-state index < -0.39 is 6.61 Å². The third-order valence-corrected chi connectivity index (χ3v) is 2.35. The fourth-order valence-electron chi connectivity index (χ4n) is 1.53. The number of nitrogens with zero attached hydrogens (tertiary/aromatic N) is 1. The van der Waals surface area contributed by atoms with Crippen molar-refractivity contribution < 1.29 is 36.0 Å². The van der Waals surface area contributed by atoms with E-state index in [9.17, 15) is 13.6 Å². The maximum atomic E-state index is 12.1. The maximum Gasteiger partial charge on any atom is 0.387 e. The van der Waals surface area contributed by atoms with Gasteiger partial charge < -0.3 is 17.1 Å². The third kappa shape index (κ3) is 4.56. The Morgan fingerprint density at radius 1 is 1.20 bits per heavy atom. The summed E-state index contributed by atoms with van der Waals surface area (Å²) in [5, 5.41) is 1.35. The summed E-state index contributed by atoms with van der Waals surface area (Å²) >= 11 is 0. The molecule has 1 amide bonds. The lowest BCUT2D eigenvalue weighted by atomic mass is 10.2. The van der Waals surface area contributed by atoms with Crippen molar-refractivity contribution in [1.29, 1.82) is 0 Å². The Hall–Kier alpha value is -2.05. The van der Waals surface area contributed by atoms with Crippen LogP contribution in [0.4, 0.5) is 14.5 Å². The molecule has 0 radical (unpaired) electrons. The zero-order valence-electron chi connectivity index (χ0n) is 10.2. The fraction of sp³-hybridized carbons (Fsp3) is 0.0769. The van der Waals surface area contributed by atoms with Gasteiger partial charge in [0.25, 0.3) is 0 Å². The third-order valence-electron chi connectivity index (χ3n) is 2.35. The predicted octanol–water partition coefficient (Wildman–Crippen LogP) is -1.28. The second kappa shape index (κ2) is 7.52. The molecule has 0 saturated carbocycles. The quantitative estimate of drug-likeness (QED) is 0.716. The van der Waals surface area contributed by atoms with Crippen LogP contribution >= 0.6 is 0 Å². The van der Waals surface area contributed by atoms with Crippen molar-refractivity contribution in [3.8, 4) is 5.75 Å². The summed E-state index contributed by atoms with van der Waals surface area (Å²) in [4.78, 5) is 15.7. The molecule has 0 aliphatic carbocycles. The van der Waals surface area contributed by atoms with Crippen molar-refractivity contribution >= 4 is 11.6 Å². The second-order valence-corrected chi connectivity index (χ2v) is 3.70. The van der Waals surface area contributed by atoms with Crippen LogP contribution in [0.5, 0.6) is 5.75 Å². The number of hydrogen-bond donors (Lipinski definition) is 1. The van der Waals surface area contributed by atoms with Gasteiger partial charge in [0, 0.05) is 18.5 Å². The molecule has 2 aromatic rings. The molecule has 20 heavy (non-hydrogen) atoms. The van der Waals surface area contributed by atoms with Crippen LogP contribution in [-0.4, -0.2) is 17.5 Å². The molecule has 1 aromatic heterocycles. The first kappa shape index (κ1) is 16.0. The van der Waals surface area contributed by atoms with Crippen LogP contribution < -0.4 is 22.5 Å². The average Bonchev–Trinajstić information content (AvgIpc) is 2.39. The zero-order chi connectivity index (χ0) is 13.7. The van der Waals surface area contributed by atoms with Crippen LogP contribution in [0.25, 0.3) is 0 Å². The Kier molecular flexibility index (Phi) is 6.02. The number of amides is 1. The summed E-state index contributed by atoms with van der Waals surface area (Å²) < 4.78 is 28.4. The molecular formula is C13H11ClF2N2O2. The SMILES string of the molecule is O=C([NH2+]c1cccc(OC(F)F)c1)c1ccncc1.[Cl-]. The first-order valence-corrected chi connectivity index (χ1v) is 5.49. The van der Waals surface area contributed by atoms with Crippen LogP contribution in [0.15, 0.2) is 48.8 Å². The highest BCUT2D eigenvalue weighted by atomic mass is 35.5. The number of nitrogens with two attached hydrogens (primary N) is 1. The average molecular weight is 301 g/mol. The number of carbonyl (C=O) groups is 1. The van der Waals surface area contributed by atoms with E-state index in [0.717, 1.165) is 0 Å². The number of primary amides is 1. The van der Waals surface area contributed by atoms with Gasteiger partial charge in [0.1, 0.15) is 11.4 Å². The van der Waals surface area contributed by atoms with E-state index in [0.29, 0.717) is 11.3 Å². The van der Waals surface area contributed by atoms with Crippen LogP contribution in [0.2, 0.25) is 0 Å². The predicted molar refractivity (Wildman–Crippen MR) is 63.2 cm³/mol. The number of rotatable bonds is 4. The molecule has 1 heterocycles. The molecule has 0 saturated heterocycles. The lowest BCUT2D eigenvalue weighted by Gasteiger charge is -2.05. The summed E-state index contributed by atoms with van der Waals surface area (Å²) in [7, 11) is 0. The molecule has 7 heteroatoms. The maximum absolute atomic E-state index is 12.1. The number of hydrogen-bond acceptors (Lipinski definition) is 3. The van der Waals surface area contributed by atoms with E-state index in [2.05, 4.69) is 9.72 Å². The van der Waals surface area contributed by atoms with Crippen molar-refractivity contribution in [2.45, 2.75) is 6.61 Å². The second-order valence-electron chi connectivity index (χ2n) is 3.70. The summed E-state index contributed by atoms with van der Waals surface area (Å²) in [6.45, 7) is -2.88. The Balaban J connectivity index is 0.00000200.